The molecular weight excluding hydrogens is 336 g/mol. The number of nitrogens with one attached hydrogen (secondary N) is 1. The molecule has 1 aliphatic carbocycles. The first-order valence-corrected chi connectivity index (χ1v) is 8.09. The third kappa shape index (κ3) is 4.38. The molecular formula is C19H18N2O5. The van der Waals surface area contributed by atoms with Crippen molar-refractivity contribution in [3.05, 3.63) is 53.6 Å². The molecule has 0 radical (unpaired) electrons. The maximum Gasteiger partial charge on any atom is 0.314 e. The standard InChI is InChI=1S/C19H18N2O5/c1-25-17-9-12(5-8-16(17)26-19(24)13-6-7-13)11-20-21-18(23)14-3-2-4-15(22)10-14/h2-5,8-11,13,22H,6-7H2,1H3,(H,21,23)/b20-11-. The van der Waals surface area contributed by atoms with E-state index in [9.17, 15) is 14.7 Å². The minimum atomic E-state index is -0.445. The summed E-state index contributed by atoms with van der Waals surface area (Å²) in [6.07, 6.45) is 3.17. The Hall–Kier alpha value is -3.35. The number of hydrogen-bond acceptors (Lipinski definition) is 6. The lowest BCUT2D eigenvalue weighted by Gasteiger charge is -2.09. The molecule has 0 aliphatic heterocycles. The Balaban J connectivity index is 1.64. The van der Waals surface area contributed by atoms with Crippen LogP contribution in [0, 0.1) is 5.92 Å². The van der Waals surface area contributed by atoms with Crippen molar-refractivity contribution in [2.24, 2.45) is 11.0 Å². The van der Waals surface area contributed by atoms with Crippen LogP contribution in [0.1, 0.15) is 28.8 Å². The minimum Gasteiger partial charge on any atom is -0.508 e. The lowest BCUT2D eigenvalue weighted by Crippen LogP contribution is -2.17. The minimum absolute atomic E-state index is 0.00250. The van der Waals surface area contributed by atoms with Crippen LogP contribution in [-0.4, -0.2) is 30.3 Å². The van der Waals surface area contributed by atoms with E-state index in [1.165, 1.54) is 25.5 Å². The second-order valence-corrected chi connectivity index (χ2v) is 5.86. The van der Waals surface area contributed by atoms with E-state index < -0.39 is 5.91 Å². The number of carbonyl (C=O) groups is 2. The Morgan fingerprint density at radius 3 is 2.69 bits per heavy atom. The summed E-state index contributed by atoms with van der Waals surface area (Å²) in [5.41, 5.74) is 3.33. The van der Waals surface area contributed by atoms with Gasteiger partial charge in [0.1, 0.15) is 5.75 Å². The number of aromatic hydroxyl groups is 1. The number of methoxy groups -OCH3 is 1. The average Bonchev–Trinajstić information content (AvgIpc) is 3.48. The number of hydrazone groups is 1. The smallest absolute Gasteiger partial charge is 0.314 e. The molecule has 134 valence electrons. The fraction of sp³-hybridized carbons (Fsp3) is 0.211. The van der Waals surface area contributed by atoms with Gasteiger partial charge in [-0.3, -0.25) is 9.59 Å². The number of esters is 1. The van der Waals surface area contributed by atoms with E-state index in [0.717, 1.165) is 12.8 Å². The molecule has 1 fully saturated rings. The molecule has 1 amide bonds. The molecule has 7 nitrogen and oxygen atoms in total. The maximum atomic E-state index is 11.9. The van der Waals surface area contributed by atoms with E-state index >= 15 is 0 Å². The number of ether oxygens (including phenoxy) is 2. The second kappa shape index (κ2) is 7.69. The van der Waals surface area contributed by atoms with Crippen LogP contribution in [0.4, 0.5) is 0 Å². The number of carbonyl (C=O) groups excluding carboxylic acids is 2. The van der Waals surface area contributed by atoms with Gasteiger partial charge in [-0.1, -0.05) is 6.07 Å². The first-order chi connectivity index (χ1) is 12.6. The van der Waals surface area contributed by atoms with Gasteiger partial charge in [0.25, 0.3) is 5.91 Å². The maximum absolute atomic E-state index is 11.9. The Kier molecular flexibility index (Phi) is 5.17. The van der Waals surface area contributed by atoms with Crippen LogP contribution in [-0.2, 0) is 4.79 Å². The lowest BCUT2D eigenvalue weighted by molar-refractivity contribution is -0.135. The van der Waals surface area contributed by atoms with E-state index in [1.807, 2.05) is 0 Å². The fourth-order valence-electron chi connectivity index (χ4n) is 2.24. The Labute approximate surface area is 150 Å². The van der Waals surface area contributed by atoms with Crippen LogP contribution >= 0.6 is 0 Å². The summed E-state index contributed by atoms with van der Waals surface area (Å²) in [5.74, 6) is 0.0612. The van der Waals surface area contributed by atoms with Crippen molar-refractivity contribution in [3.63, 3.8) is 0 Å². The molecule has 0 bridgehead atoms. The highest BCUT2D eigenvalue weighted by Gasteiger charge is 2.32. The largest absolute Gasteiger partial charge is 0.508 e. The quantitative estimate of drug-likeness (QED) is 0.359. The van der Waals surface area contributed by atoms with E-state index in [2.05, 4.69) is 10.5 Å². The summed E-state index contributed by atoms with van der Waals surface area (Å²) in [6.45, 7) is 0. The van der Waals surface area contributed by atoms with E-state index in [-0.39, 0.29) is 17.6 Å². The zero-order valence-electron chi connectivity index (χ0n) is 14.1. The van der Waals surface area contributed by atoms with Crippen LogP contribution < -0.4 is 14.9 Å². The summed E-state index contributed by atoms with van der Waals surface area (Å²) in [7, 11) is 1.48. The second-order valence-electron chi connectivity index (χ2n) is 5.86. The summed E-state index contributed by atoms with van der Waals surface area (Å²) < 4.78 is 10.6. The van der Waals surface area contributed by atoms with Gasteiger partial charge in [0.15, 0.2) is 11.5 Å². The highest BCUT2D eigenvalue weighted by atomic mass is 16.6. The van der Waals surface area contributed by atoms with Crippen LogP contribution in [0.3, 0.4) is 0 Å². The number of nitrogens with zero attached hydrogens (tertiary/aromatic N) is 1. The van der Waals surface area contributed by atoms with E-state index in [4.69, 9.17) is 9.47 Å². The summed E-state index contributed by atoms with van der Waals surface area (Å²) in [6, 6.07) is 10.9. The van der Waals surface area contributed by atoms with Crippen LogP contribution in [0.15, 0.2) is 47.6 Å². The van der Waals surface area contributed by atoms with Crippen molar-refractivity contribution in [3.8, 4) is 17.2 Å². The first kappa shape index (κ1) is 17.5. The zero-order valence-corrected chi connectivity index (χ0v) is 14.1. The van der Waals surface area contributed by atoms with Crippen LogP contribution in [0.25, 0.3) is 0 Å². The number of amides is 1. The predicted octanol–water partition coefficient (Wildman–Crippen LogP) is 2.48. The van der Waals surface area contributed by atoms with Crippen molar-refractivity contribution in [1.29, 1.82) is 0 Å². The molecule has 2 aromatic rings. The average molecular weight is 354 g/mol. The number of benzene rings is 2. The summed E-state index contributed by atoms with van der Waals surface area (Å²) >= 11 is 0. The molecule has 2 N–H and O–H groups in total. The van der Waals surface area contributed by atoms with E-state index in [1.54, 1.807) is 30.3 Å². The van der Waals surface area contributed by atoms with E-state index in [0.29, 0.717) is 22.6 Å². The molecule has 0 unspecified atom stereocenters. The molecule has 1 aliphatic rings. The monoisotopic (exact) mass is 354 g/mol. The van der Waals surface area contributed by atoms with Gasteiger partial charge in [0.2, 0.25) is 0 Å². The molecule has 1 saturated carbocycles. The normalized spacial score (nSPS) is 13.4. The highest BCUT2D eigenvalue weighted by Crippen LogP contribution is 2.34. The number of phenols is 1. The molecule has 0 atom stereocenters. The number of hydrogen-bond donors (Lipinski definition) is 2. The topological polar surface area (TPSA) is 97.2 Å². The summed E-state index contributed by atoms with van der Waals surface area (Å²) in [4.78, 5) is 23.7. The molecule has 0 aromatic heterocycles. The molecule has 3 rings (SSSR count). The molecule has 0 saturated heterocycles. The fourth-order valence-corrected chi connectivity index (χ4v) is 2.24. The van der Waals surface area contributed by atoms with Gasteiger partial charge in [-0.25, -0.2) is 5.43 Å². The van der Waals surface area contributed by atoms with Crippen molar-refractivity contribution in [1.82, 2.24) is 5.43 Å². The van der Waals surface area contributed by atoms with Gasteiger partial charge in [-0.2, -0.15) is 5.10 Å². The van der Waals surface area contributed by atoms with Gasteiger partial charge in [-0.05, 0) is 54.8 Å². The van der Waals surface area contributed by atoms with Crippen molar-refractivity contribution < 1.29 is 24.2 Å². The number of phenolic OH excluding ortho intramolecular Hbond substituents is 1. The van der Waals surface area contributed by atoms with Gasteiger partial charge < -0.3 is 14.6 Å². The van der Waals surface area contributed by atoms with Crippen LogP contribution in [0.5, 0.6) is 17.2 Å². The Morgan fingerprint density at radius 2 is 2.00 bits per heavy atom. The molecule has 2 aromatic carbocycles. The predicted molar refractivity (Wildman–Crippen MR) is 94.5 cm³/mol. The van der Waals surface area contributed by atoms with Crippen molar-refractivity contribution in [2.45, 2.75) is 12.8 Å². The van der Waals surface area contributed by atoms with Gasteiger partial charge in [0.05, 0.1) is 19.2 Å². The molecule has 0 spiro atoms. The zero-order chi connectivity index (χ0) is 18.5. The Morgan fingerprint density at radius 1 is 1.19 bits per heavy atom. The van der Waals surface area contributed by atoms with Crippen molar-refractivity contribution in [2.75, 3.05) is 7.11 Å². The van der Waals surface area contributed by atoms with Gasteiger partial charge in [-0.15, -0.1) is 0 Å². The third-order valence-corrected chi connectivity index (χ3v) is 3.80. The van der Waals surface area contributed by atoms with Gasteiger partial charge >= 0.3 is 5.97 Å². The summed E-state index contributed by atoms with van der Waals surface area (Å²) in [5, 5.41) is 13.3. The molecule has 26 heavy (non-hydrogen) atoms. The van der Waals surface area contributed by atoms with Crippen molar-refractivity contribution >= 4 is 18.1 Å². The first-order valence-electron chi connectivity index (χ1n) is 8.09. The Bertz CT molecular complexity index is 859. The molecule has 7 heteroatoms. The van der Waals surface area contributed by atoms with Gasteiger partial charge in [0, 0.05) is 5.56 Å². The SMILES string of the molecule is COc1cc(/C=N\NC(=O)c2cccc(O)c2)ccc1OC(=O)C1CC1. The highest BCUT2D eigenvalue weighted by molar-refractivity contribution is 5.95. The number of rotatable bonds is 6. The third-order valence-electron chi connectivity index (χ3n) is 3.80. The van der Waals surface area contributed by atoms with Crippen LogP contribution in [0.2, 0.25) is 0 Å². The lowest BCUT2D eigenvalue weighted by atomic mass is 10.2. The molecule has 0 heterocycles.